The molecule has 0 bridgehead atoms. The van der Waals surface area contributed by atoms with Crippen LogP contribution in [0.5, 0.6) is 11.5 Å². The second-order valence-corrected chi connectivity index (χ2v) is 6.54. The predicted octanol–water partition coefficient (Wildman–Crippen LogP) is 1.78. The van der Waals surface area contributed by atoms with Gasteiger partial charge in [-0.1, -0.05) is 11.9 Å². The number of Topliss-reactive ketones (excluding diaryl/α,β-unsaturated/α-hetero) is 1. The third-order valence-electron chi connectivity index (χ3n) is 5.36. The molecule has 23 heavy (non-hydrogen) atoms. The zero-order valence-corrected chi connectivity index (χ0v) is 14.0. The number of benzene rings is 1. The lowest BCUT2D eigenvalue weighted by Crippen LogP contribution is -2.37. The number of ether oxygens (including phenoxy) is 2. The second kappa shape index (κ2) is 6.23. The summed E-state index contributed by atoms with van der Waals surface area (Å²) in [6.07, 6.45) is 1.62. The fourth-order valence-electron chi connectivity index (χ4n) is 4.05. The number of hydrogen-bond donors (Lipinski definition) is 1. The fraction of sp³-hybridized carbons (Fsp3) is 0.588. The lowest BCUT2D eigenvalue weighted by atomic mass is 9.58. The first-order valence-electron chi connectivity index (χ1n) is 8.09. The Balaban J connectivity index is 2.01. The largest absolute Gasteiger partial charge is 0.493 e. The van der Waals surface area contributed by atoms with Crippen molar-refractivity contribution in [2.24, 2.45) is 0 Å². The van der Waals surface area contributed by atoms with Crippen LogP contribution in [0, 0.1) is 0 Å². The molecular weight excluding hydrogens is 288 g/mol. The normalized spacial score (nSPS) is 32.0. The molecule has 119 valence electrons. The van der Waals surface area contributed by atoms with E-state index in [4.69, 9.17) is 17.3 Å². The minimum absolute atomic E-state index is 0.0173. The van der Waals surface area contributed by atoms with Crippen molar-refractivity contribution < 1.29 is 14.3 Å². The molecule has 0 aromatic heterocycles. The molecule has 6 heteroatoms. The minimum atomic E-state index is -0.389. The van der Waals surface area contributed by atoms with E-state index in [1.807, 2.05) is 19.2 Å². The molecule has 1 aliphatic heterocycles. The number of hydrogen-bond acceptors (Lipinski definition) is 4. The van der Waals surface area contributed by atoms with Gasteiger partial charge in [0.2, 0.25) is 0 Å². The van der Waals surface area contributed by atoms with Crippen molar-refractivity contribution in [2.45, 2.75) is 35.7 Å². The summed E-state index contributed by atoms with van der Waals surface area (Å²) >= 11 is 0. The molecule has 1 saturated heterocycles. The third-order valence-corrected chi connectivity index (χ3v) is 5.36. The van der Waals surface area contributed by atoms with Crippen LogP contribution >= 0.6 is 0 Å². The minimum Gasteiger partial charge on any atom is -0.493 e. The van der Waals surface area contributed by atoms with Crippen molar-refractivity contribution in [3.63, 3.8) is 0 Å². The Hall–Kier alpha value is -1.42. The van der Waals surface area contributed by atoms with Crippen LogP contribution in [-0.2, 0) is 10.2 Å². The van der Waals surface area contributed by atoms with Gasteiger partial charge in [0.1, 0.15) is 13.1 Å². The number of carbonyl (C=O) groups is 1. The summed E-state index contributed by atoms with van der Waals surface area (Å²) in [6.45, 7) is 0.881. The standard InChI is InChI=1S/C17H22B2NO3/c1-20-7-6-17(9-11(18)15(21)14-16(17)19-14)10-4-5-12(22-2)13(8-10)23-3/h4-5,8,11,14,16,20H,6-7,9H2,1-3H3. The van der Waals surface area contributed by atoms with Crippen LogP contribution in [-0.4, -0.2) is 48.7 Å². The molecule has 4 nitrogen and oxygen atoms in total. The van der Waals surface area contributed by atoms with Crippen molar-refractivity contribution in [3.05, 3.63) is 23.8 Å². The highest BCUT2D eigenvalue weighted by Crippen LogP contribution is 2.65. The van der Waals surface area contributed by atoms with E-state index in [9.17, 15) is 4.79 Å². The van der Waals surface area contributed by atoms with Crippen LogP contribution < -0.4 is 14.8 Å². The van der Waals surface area contributed by atoms with Gasteiger partial charge in [0.25, 0.3) is 0 Å². The fourth-order valence-corrected chi connectivity index (χ4v) is 4.05. The Morgan fingerprint density at radius 3 is 2.74 bits per heavy atom. The Bertz CT molecular complexity index is 606. The highest BCUT2D eigenvalue weighted by atomic mass is 16.5. The van der Waals surface area contributed by atoms with Gasteiger partial charge in [-0.25, -0.2) is 0 Å². The van der Waals surface area contributed by atoms with Crippen LogP contribution in [0.15, 0.2) is 18.2 Å². The molecular formula is C17H22B2NO3. The second-order valence-electron chi connectivity index (χ2n) is 6.54. The lowest BCUT2D eigenvalue weighted by Gasteiger charge is -2.41. The Morgan fingerprint density at radius 1 is 1.35 bits per heavy atom. The molecule has 2 aliphatic rings. The van der Waals surface area contributed by atoms with Crippen molar-refractivity contribution in [1.82, 2.24) is 5.32 Å². The summed E-state index contributed by atoms with van der Waals surface area (Å²) in [6, 6.07) is 6.07. The zero-order valence-electron chi connectivity index (χ0n) is 14.0. The van der Waals surface area contributed by atoms with Gasteiger partial charge < -0.3 is 19.6 Å². The summed E-state index contributed by atoms with van der Waals surface area (Å²) in [4.78, 5) is 12.2. The van der Waals surface area contributed by atoms with Crippen LogP contribution in [0.4, 0.5) is 0 Å². The van der Waals surface area contributed by atoms with Crippen molar-refractivity contribution in [1.29, 1.82) is 0 Å². The Morgan fingerprint density at radius 2 is 2.09 bits per heavy atom. The van der Waals surface area contributed by atoms with E-state index in [2.05, 4.69) is 18.7 Å². The van der Waals surface area contributed by atoms with Gasteiger partial charge in [0.05, 0.1) is 22.1 Å². The van der Waals surface area contributed by atoms with Gasteiger partial charge in [0.15, 0.2) is 11.5 Å². The maximum atomic E-state index is 12.2. The van der Waals surface area contributed by atoms with Crippen LogP contribution in [0.25, 0.3) is 0 Å². The maximum Gasteiger partial charge on any atom is 0.161 e. The van der Waals surface area contributed by atoms with E-state index in [1.54, 1.807) is 14.2 Å². The molecule has 1 aromatic rings. The molecule has 3 rings (SSSR count). The molecule has 1 aliphatic carbocycles. The van der Waals surface area contributed by atoms with E-state index < -0.39 is 0 Å². The van der Waals surface area contributed by atoms with Crippen LogP contribution in [0.3, 0.4) is 0 Å². The molecule has 4 unspecified atom stereocenters. The number of nitrogens with one attached hydrogen (secondary N) is 1. The Kier molecular flexibility index (Phi) is 4.45. The van der Waals surface area contributed by atoms with Gasteiger partial charge >= 0.3 is 0 Å². The van der Waals surface area contributed by atoms with Crippen LogP contribution in [0.1, 0.15) is 18.4 Å². The van der Waals surface area contributed by atoms with Gasteiger partial charge in [0, 0.05) is 0 Å². The van der Waals surface area contributed by atoms with Crippen molar-refractivity contribution >= 4 is 20.9 Å². The van der Waals surface area contributed by atoms with Gasteiger partial charge in [-0.2, -0.15) is 0 Å². The number of fused-ring (bicyclic) bond motifs is 1. The zero-order chi connectivity index (χ0) is 16.6. The predicted molar refractivity (Wildman–Crippen MR) is 92.1 cm³/mol. The van der Waals surface area contributed by atoms with Crippen LogP contribution in [0.2, 0.25) is 17.5 Å². The SMILES string of the molecule is [B]C1CC(CCNC)(c2ccc(OC)c(OC)c2)C2[B]C2C1=O. The first kappa shape index (κ1) is 16.4. The highest BCUT2D eigenvalue weighted by Gasteiger charge is 2.60. The molecule has 3 radical (unpaired) electrons. The monoisotopic (exact) mass is 310 g/mol. The molecule has 4 atom stereocenters. The summed E-state index contributed by atoms with van der Waals surface area (Å²) in [7, 11) is 13.5. The lowest BCUT2D eigenvalue weighted by molar-refractivity contribution is -0.119. The third kappa shape index (κ3) is 2.67. The Labute approximate surface area is 140 Å². The topological polar surface area (TPSA) is 47.6 Å². The quantitative estimate of drug-likeness (QED) is 0.814. The summed E-state index contributed by atoms with van der Waals surface area (Å²) < 4.78 is 10.8. The van der Waals surface area contributed by atoms with E-state index in [0.29, 0.717) is 12.2 Å². The molecule has 1 saturated carbocycles. The smallest absolute Gasteiger partial charge is 0.161 e. The maximum absolute atomic E-state index is 12.2. The first-order chi connectivity index (χ1) is 11.1. The van der Waals surface area contributed by atoms with Gasteiger partial charge in [-0.3, -0.25) is 0 Å². The molecule has 0 spiro atoms. The average molecular weight is 310 g/mol. The first-order valence-corrected chi connectivity index (χ1v) is 8.09. The van der Waals surface area contributed by atoms with E-state index in [-0.39, 0.29) is 28.7 Å². The summed E-state index contributed by atoms with van der Waals surface area (Å²) in [5.74, 6) is 1.53. The summed E-state index contributed by atoms with van der Waals surface area (Å²) in [5, 5.41) is 3.23. The van der Waals surface area contributed by atoms with Gasteiger partial charge in [-0.05, 0) is 61.2 Å². The van der Waals surface area contributed by atoms with E-state index >= 15 is 0 Å². The van der Waals surface area contributed by atoms with Crippen molar-refractivity contribution in [2.75, 3.05) is 27.8 Å². The number of carbonyl (C=O) groups excluding carboxylic acids is 1. The average Bonchev–Trinajstić information content (AvgIpc) is 3.38. The van der Waals surface area contributed by atoms with Crippen molar-refractivity contribution in [3.8, 4) is 11.5 Å². The number of ketones is 1. The molecule has 1 aromatic carbocycles. The highest BCUT2D eigenvalue weighted by molar-refractivity contribution is 6.63. The molecule has 2 fully saturated rings. The van der Waals surface area contributed by atoms with E-state index in [0.717, 1.165) is 18.7 Å². The number of methoxy groups -OCH3 is 2. The number of rotatable bonds is 6. The molecule has 1 heterocycles. The van der Waals surface area contributed by atoms with Gasteiger partial charge in [-0.15, -0.1) is 0 Å². The molecule has 1 N–H and O–H groups in total. The summed E-state index contributed by atoms with van der Waals surface area (Å²) in [5.41, 5.74) is 1.07. The molecule has 0 amide bonds. The van der Waals surface area contributed by atoms with E-state index in [1.165, 1.54) is 5.56 Å².